The fourth-order valence-electron chi connectivity index (χ4n) is 3.20. The number of likely N-dealkylation sites (tertiary alicyclic amines) is 1. The van der Waals surface area contributed by atoms with E-state index in [2.05, 4.69) is 0 Å². The van der Waals surface area contributed by atoms with Crippen molar-refractivity contribution in [1.82, 2.24) is 4.90 Å². The Balaban J connectivity index is 1.98. The fourth-order valence-corrected chi connectivity index (χ4v) is 3.39. The summed E-state index contributed by atoms with van der Waals surface area (Å²) in [6.07, 6.45) is 2.11. The van der Waals surface area contributed by atoms with Gasteiger partial charge in [0.05, 0.1) is 17.9 Å². The van der Waals surface area contributed by atoms with E-state index in [1.807, 2.05) is 13.8 Å². The number of amides is 1. The van der Waals surface area contributed by atoms with E-state index in [-0.39, 0.29) is 17.4 Å². The van der Waals surface area contributed by atoms with Crippen molar-refractivity contribution in [3.05, 3.63) is 64.6 Å². The first-order valence-corrected chi connectivity index (χ1v) is 9.47. The summed E-state index contributed by atoms with van der Waals surface area (Å²) in [5, 5.41) is 11.2. The zero-order valence-corrected chi connectivity index (χ0v) is 16.5. The Morgan fingerprint density at radius 2 is 2.07 bits per heavy atom. The first-order chi connectivity index (χ1) is 13.4. The minimum atomic E-state index is -0.798. The highest BCUT2D eigenvalue weighted by molar-refractivity contribution is 6.46. The third-order valence-electron chi connectivity index (χ3n) is 4.45. The Kier molecular flexibility index (Phi) is 6.21. The van der Waals surface area contributed by atoms with Gasteiger partial charge in [-0.2, -0.15) is 0 Å². The van der Waals surface area contributed by atoms with E-state index >= 15 is 0 Å². The maximum atomic E-state index is 12.7. The number of aliphatic hydroxyl groups excluding tert-OH is 1. The summed E-state index contributed by atoms with van der Waals surface area (Å²) in [5.41, 5.74) is 0.359. The van der Waals surface area contributed by atoms with Gasteiger partial charge in [0.25, 0.3) is 11.7 Å². The van der Waals surface area contributed by atoms with E-state index < -0.39 is 17.7 Å². The van der Waals surface area contributed by atoms with Crippen LogP contribution in [-0.4, -0.2) is 41.0 Å². The third-order valence-corrected chi connectivity index (χ3v) is 4.68. The number of rotatable bonds is 7. The quantitative estimate of drug-likeness (QED) is 0.325. The predicted octanol–water partition coefficient (Wildman–Crippen LogP) is 4.17. The van der Waals surface area contributed by atoms with Gasteiger partial charge in [0, 0.05) is 23.7 Å². The lowest BCUT2D eigenvalue weighted by molar-refractivity contribution is -0.140. The lowest BCUT2D eigenvalue weighted by Crippen LogP contribution is -2.31. The molecule has 1 aromatic carbocycles. The van der Waals surface area contributed by atoms with Crippen molar-refractivity contribution in [1.29, 1.82) is 0 Å². The van der Waals surface area contributed by atoms with Crippen molar-refractivity contribution in [2.75, 3.05) is 13.2 Å². The Morgan fingerprint density at radius 1 is 1.29 bits per heavy atom. The maximum Gasteiger partial charge on any atom is 0.295 e. The number of ether oxygens (including phenoxy) is 1. The Morgan fingerprint density at radius 3 is 2.71 bits per heavy atom. The first-order valence-electron chi connectivity index (χ1n) is 9.09. The van der Waals surface area contributed by atoms with Crippen LogP contribution in [0.25, 0.3) is 5.76 Å². The number of carbonyl (C=O) groups excluding carboxylic acids is 2. The smallest absolute Gasteiger partial charge is 0.295 e. The minimum absolute atomic E-state index is 0.00741. The standard InChI is InChI=1S/C21H22ClNO5/c1-13(2)27-11-5-9-23-18(16-8-4-10-28-16)17(20(25)21(23)26)19(24)14-6-3-7-15(22)12-14/h3-4,6-8,10,12-13,18,24H,5,9,11H2,1-2H3/b19-17-. The molecule has 0 aliphatic carbocycles. The van der Waals surface area contributed by atoms with Gasteiger partial charge in [-0.05, 0) is 44.5 Å². The number of nitrogens with zero attached hydrogens (tertiary/aromatic N) is 1. The number of aliphatic hydroxyl groups is 1. The average molecular weight is 404 g/mol. The van der Waals surface area contributed by atoms with Crippen LogP contribution in [0.5, 0.6) is 0 Å². The molecule has 3 rings (SSSR count). The number of furan rings is 1. The van der Waals surface area contributed by atoms with Crippen LogP contribution >= 0.6 is 11.6 Å². The van der Waals surface area contributed by atoms with Crippen LogP contribution in [0.3, 0.4) is 0 Å². The molecule has 0 radical (unpaired) electrons. The Hall–Kier alpha value is -2.57. The van der Waals surface area contributed by atoms with Gasteiger partial charge in [0.1, 0.15) is 17.6 Å². The minimum Gasteiger partial charge on any atom is -0.507 e. The fraction of sp³-hybridized carbons (Fsp3) is 0.333. The van der Waals surface area contributed by atoms with E-state index in [9.17, 15) is 14.7 Å². The average Bonchev–Trinajstić information content (AvgIpc) is 3.26. The number of hydrogen-bond acceptors (Lipinski definition) is 5. The molecule has 1 aliphatic rings. The summed E-state index contributed by atoms with van der Waals surface area (Å²) in [5.74, 6) is -1.28. The van der Waals surface area contributed by atoms with Crippen LogP contribution in [0.15, 0.2) is 52.7 Å². The highest BCUT2D eigenvalue weighted by atomic mass is 35.5. The van der Waals surface area contributed by atoms with Gasteiger partial charge in [0.2, 0.25) is 0 Å². The molecule has 1 atom stereocenters. The van der Waals surface area contributed by atoms with Crippen molar-refractivity contribution in [3.63, 3.8) is 0 Å². The monoisotopic (exact) mass is 403 g/mol. The normalized spacial score (nSPS) is 19.0. The number of Topliss-reactive ketones (excluding diaryl/α,β-unsaturated/α-hetero) is 1. The zero-order valence-electron chi connectivity index (χ0n) is 15.7. The zero-order chi connectivity index (χ0) is 20.3. The van der Waals surface area contributed by atoms with E-state index in [1.54, 1.807) is 36.4 Å². The van der Waals surface area contributed by atoms with Crippen LogP contribution in [0.4, 0.5) is 0 Å². The van der Waals surface area contributed by atoms with Gasteiger partial charge in [-0.15, -0.1) is 0 Å². The predicted molar refractivity (Wildman–Crippen MR) is 105 cm³/mol. The van der Waals surface area contributed by atoms with Gasteiger partial charge in [-0.25, -0.2) is 0 Å². The van der Waals surface area contributed by atoms with Gasteiger partial charge >= 0.3 is 0 Å². The molecule has 148 valence electrons. The van der Waals surface area contributed by atoms with Gasteiger partial charge in [0.15, 0.2) is 0 Å². The second-order valence-electron chi connectivity index (χ2n) is 6.79. The molecule has 0 bridgehead atoms. The molecule has 6 nitrogen and oxygen atoms in total. The summed E-state index contributed by atoms with van der Waals surface area (Å²) < 4.78 is 11.0. The summed E-state index contributed by atoms with van der Waals surface area (Å²) in [6, 6.07) is 9.06. The van der Waals surface area contributed by atoms with Crippen molar-refractivity contribution in [2.24, 2.45) is 0 Å². The summed E-state index contributed by atoms with van der Waals surface area (Å²) in [7, 11) is 0. The number of hydrogen-bond donors (Lipinski definition) is 1. The molecule has 28 heavy (non-hydrogen) atoms. The molecule has 1 saturated heterocycles. The van der Waals surface area contributed by atoms with Crippen molar-refractivity contribution in [3.8, 4) is 0 Å². The number of carbonyl (C=O) groups is 2. The number of benzene rings is 1. The third kappa shape index (κ3) is 4.13. The van der Waals surface area contributed by atoms with E-state index in [0.29, 0.717) is 35.9 Å². The summed E-state index contributed by atoms with van der Waals surface area (Å²) >= 11 is 6.01. The second-order valence-corrected chi connectivity index (χ2v) is 7.23. The van der Waals surface area contributed by atoms with E-state index in [4.69, 9.17) is 20.8 Å². The molecular weight excluding hydrogens is 382 g/mol. The highest BCUT2D eigenvalue weighted by Gasteiger charge is 2.47. The maximum absolute atomic E-state index is 12.7. The number of ketones is 1. The van der Waals surface area contributed by atoms with Crippen molar-refractivity contribution >= 4 is 29.1 Å². The second kappa shape index (κ2) is 8.63. The SMILES string of the molecule is CC(C)OCCCN1C(=O)C(=O)/C(=C(\O)c2cccc(Cl)c2)C1c1ccco1. The lowest BCUT2D eigenvalue weighted by atomic mass is 9.99. The summed E-state index contributed by atoms with van der Waals surface area (Å²) in [4.78, 5) is 26.8. The van der Waals surface area contributed by atoms with Crippen molar-refractivity contribution < 1.29 is 23.8 Å². The molecule has 1 N–H and O–H groups in total. The molecule has 2 heterocycles. The van der Waals surface area contributed by atoms with Crippen molar-refractivity contribution in [2.45, 2.75) is 32.4 Å². The molecule has 1 aliphatic heterocycles. The number of halogens is 1. The van der Waals surface area contributed by atoms with Crippen LogP contribution in [-0.2, 0) is 14.3 Å². The topological polar surface area (TPSA) is 80.0 Å². The molecule has 1 amide bonds. The van der Waals surface area contributed by atoms with E-state index in [1.165, 1.54) is 11.2 Å². The van der Waals surface area contributed by atoms with Gasteiger partial charge < -0.3 is 19.2 Å². The molecule has 1 aromatic heterocycles. The lowest BCUT2D eigenvalue weighted by Gasteiger charge is -2.23. The molecule has 7 heteroatoms. The van der Waals surface area contributed by atoms with Crippen LogP contribution in [0.2, 0.25) is 5.02 Å². The molecule has 0 spiro atoms. The van der Waals surface area contributed by atoms with Crippen LogP contribution < -0.4 is 0 Å². The molecule has 2 aromatic rings. The van der Waals surface area contributed by atoms with Gasteiger partial charge in [-0.3, -0.25) is 9.59 Å². The Bertz CT molecular complexity index is 888. The molecular formula is C21H22ClNO5. The highest BCUT2D eigenvalue weighted by Crippen LogP contribution is 2.39. The first kappa shape index (κ1) is 20.2. The van der Waals surface area contributed by atoms with Gasteiger partial charge in [-0.1, -0.05) is 23.7 Å². The Labute approximate surface area is 168 Å². The molecule has 0 saturated carbocycles. The molecule has 1 unspecified atom stereocenters. The van der Waals surface area contributed by atoms with Crippen LogP contribution in [0, 0.1) is 0 Å². The largest absolute Gasteiger partial charge is 0.507 e. The van der Waals surface area contributed by atoms with E-state index in [0.717, 1.165) is 0 Å². The van der Waals surface area contributed by atoms with Crippen LogP contribution in [0.1, 0.15) is 37.6 Å². The molecule has 1 fully saturated rings. The summed E-state index contributed by atoms with van der Waals surface area (Å²) in [6.45, 7) is 4.62.